The lowest BCUT2D eigenvalue weighted by Crippen LogP contribution is -2.54. The second-order valence-corrected chi connectivity index (χ2v) is 4.85. The van der Waals surface area contributed by atoms with E-state index < -0.39 is 6.04 Å². The fourth-order valence-corrected chi connectivity index (χ4v) is 2.42. The molecule has 1 aliphatic rings. The third kappa shape index (κ3) is 2.48. The molecule has 0 aromatic carbocycles. The van der Waals surface area contributed by atoms with Crippen LogP contribution in [0.3, 0.4) is 0 Å². The van der Waals surface area contributed by atoms with Gasteiger partial charge in [0.1, 0.15) is 15.4 Å². The van der Waals surface area contributed by atoms with Crippen LogP contribution in [0.25, 0.3) is 0 Å². The predicted octanol–water partition coefficient (Wildman–Crippen LogP) is -0.674. The van der Waals surface area contributed by atoms with E-state index in [2.05, 4.69) is 15.3 Å². The van der Waals surface area contributed by atoms with E-state index in [-0.39, 0.29) is 11.5 Å². The maximum Gasteiger partial charge on any atom is 0.266 e. The van der Waals surface area contributed by atoms with Crippen molar-refractivity contribution in [3.63, 3.8) is 0 Å². The molecule has 1 aromatic heterocycles. The number of ether oxygens (including phenoxy) is 1. The fraction of sp³-hybridized carbons (Fsp3) is 0.500. The van der Waals surface area contributed by atoms with E-state index in [0.717, 1.165) is 0 Å². The number of nitrogens with one attached hydrogen (secondary N) is 2. The molecule has 1 amide bonds. The van der Waals surface area contributed by atoms with Gasteiger partial charge in [-0.2, -0.15) is 0 Å². The Morgan fingerprint density at radius 1 is 1.72 bits per heavy atom. The van der Waals surface area contributed by atoms with Gasteiger partial charge in [0.05, 0.1) is 19.5 Å². The minimum Gasteiger partial charge on any atom is -0.377 e. The first kappa shape index (κ1) is 13.3. The molecule has 98 valence electrons. The second kappa shape index (κ2) is 5.65. The Balaban J connectivity index is 2.37. The number of amides is 1. The van der Waals surface area contributed by atoms with Gasteiger partial charge in [0.25, 0.3) is 5.56 Å². The molecule has 0 bridgehead atoms. The largest absolute Gasteiger partial charge is 0.377 e. The van der Waals surface area contributed by atoms with Gasteiger partial charge < -0.3 is 19.9 Å². The number of likely N-dealkylation sites (N-methyl/N-ethyl adjacent to an activating group) is 1. The molecule has 1 aliphatic heterocycles. The van der Waals surface area contributed by atoms with Crippen molar-refractivity contribution in [2.75, 3.05) is 31.7 Å². The van der Waals surface area contributed by atoms with Gasteiger partial charge in [0.15, 0.2) is 0 Å². The third-order valence-electron chi connectivity index (χ3n) is 2.73. The van der Waals surface area contributed by atoms with Crippen molar-refractivity contribution in [1.29, 1.82) is 0 Å². The first-order valence-electron chi connectivity index (χ1n) is 5.44. The number of rotatable bonds is 2. The number of hydrogen-bond donors (Lipinski definition) is 2. The molecule has 1 atom stereocenters. The molecule has 1 fully saturated rings. The number of carbonyl (C=O) groups excluding carboxylic acids is 1. The van der Waals surface area contributed by atoms with Crippen LogP contribution in [0.2, 0.25) is 0 Å². The summed E-state index contributed by atoms with van der Waals surface area (Å²) in [6.45, 7) is 1.34. The molecular formula is C10H13IN4O3. The normalized spacial score (nSPS) is 19.7. The van der Waals surface area contributed by atoms with E-state index in [0.29, 0.717) is 29.1 Å². The summed E-state index contributed by atoms with van der Waals surface area (Å²) in [5, 5.41) is 2.59. The van der Waals surface area contributed by atoms with Gasteiger partial charge in [-0.15, -0.1) is 0 Å². The summed E-state index contributed by atoms with van der Waals surface area (Å²) < 4.78 is 5.79. The Morgan fingerprint density at radius 3 is 3.22 bits per heavy atom. The van der Waals surface area contributed by atoms with E-state index in [9.17, 15) is 9.59 Å². The number of hydrogen-bond acceptors (Lipinski definition) is 5. The topological polar surface area (TPSA) is 87.3 Å². The predicted molar refractivity (Wildman–Crippen MR) is 73.6 cm³/mol. The number of aromatic amines is 1. The number of anilines is 1. The Morgan fingerprint density at radius 2 is 2.50 bits per heavy atom. The Bertz CT molecular complexity index is 504. The number of H-pyrrole nitrogens is 1. The third-order valence-corrected chi connectivity index (χ3v) is 3.70. The van der Waals surface area contributed by atoms with Gasteiger partial charge in [-0.05, 0) is 22.6 Å². The molecule has 8 heteroatoms. The highest BCUT2D eigenvalue weighted by Gasteiger charge is 2.31. The van der Waals surface area contributed by atoms with Crippen molar-refractivity contribution in [3.05, 3.63) is 20.3 Å². The molecule has 2 N–H and O–H groups in total. The Hall–Kier alpha value is -1.16. The molecule has 0 aliphatic carbocycles. The summed E-state index contributed by atoms with van der Waals surface area (Å²) in [7, 11) is 1.57. The van der Waals surface area contributed by atoms with E-state index in [1.807, 2.05) is 22.6 Å². The number of halogens is 1. The van der Waals surface area contributed by atoms with Gasteiger partial charge in [0, 0.05) is 13.6 Å². The summed E-state index contributed by atoms with van der Waals surface area (Å²) in [6, 6.07) is -0.452. The lowest BCUT2D eigenvalue weighted by molar-refractivity contribution is -0.124. The molecule has 2 heterocycles. The van der Waals surface area contributed by atoms with E-state index in [4.69, 9.17) is 4.74 Å². The maximum absolute atomic E-state index is 11.8. The van der Waals surface area contributed by atoms with Crippen molar-refractivity contribution >= 4 is 34.3 Å². The summed E-state index contributed by atoms with van der Waals surface area (Å²) in [5.41, 5.74) is -0.206. The SMILES string of the molecule is CNC(=O)C1COCCN1c1nc[nH]c(=O)c1I. The monoisotopic (exact) mass is 364 g/mol. The van der Waals surface area contributed by atoms with Crippen LogP contribution in [0.1, 0.15) is 0 Å². The molecular weight excluding hydrogens is 351 g/mol. The zero-order valence-corrected chi connectivity index (χ0v) is 11.9. The number of aromatic nitrogens is 2. The summed E-state index contributed by atoms with van der Waals surface area (Å²) in [6.07, 6.45) is 1.34. The Kier molecular flexibility index (Phi) is 4.17. The molecule has 7 nitrogen and oxygen atoms in total. The van der Waals surface area contributed by atoms with Crippen LogP contribution < -0.4 is 15.8 Å². The number of carbonyl (C=O) groups is 1. The number of morpholine rings is 1. The molecule has 0 saturated carbocycles. The lowest BCUT2D eigenvalue weighted by Gasteiger charge is -2.35. The molecule has 18 heavy (non-hydrogen) atoms. The van der Waals surface area contributed by atoms with Gasteiger partial charge in [-0.3, -0.25) is 9.59 Å². The van der Waals surface area contributed by atoms with Crippen molar-refractivity contribution in [3.8, 4) is 0 Å². The summed E-state index contributed by atoms with van der Waals surface area (Å²) >= 11 is 1.93. The zero-order valence-electron chi connectivity index (χ0n) is 9.77. The van der Waals surface area contributed by atoms with Gasteiger partial charge >= 0.3 is 0 Å². The van der Waals surface area contributed by atoms with Gasteiger partial charge in [0.2, 0.25) is 5.91 Å². The van der Waals surface area contributed by atoms with Gasteiger partial charge in [-0.25, -0.2) is 4.98 Å². The molecule has 1 saturated heterocycles. The minimum atomic E-state index is -0.452. The van der Waals surface area contributed by atoms with Crippen molar-refractivity contribution < 1.29 is 9.53 Å². The quantitative estimate of drug-likeness (QED) is 0.680. The number of nitrogens with zero attached hydrogens (tertiary/aromatic N) is 2. The lowest BCUT2D eigenvalue weighted by atomic mass is 10.2. The van der Waals surface area contributed by atoms with Crippen molar-refractivity contribution in [1.82, 2.24) is 15.3 Å². The summed E-state index contributed by atoms with van der Waals surface area (Å²) in [4.78, 5) is 31.8. The van der Waals surface area contributed by atoms with Crippen LogP contribution in [-0.4, -0.2) is 48.7 Å². The molecule has 0 spiro atoms. The van der Waals surface area contributed by atoms with E-state index in [1.165, 1.54) is 6.33 Å². The zero-order chi connectivity index (χ0) is 13.1. The fourth-order valence-electron chi connectivity index (χ4n) is 1.81. The van der Waals surface area contributed by atoms with Crippen LogP contribution >= 0.6 is 22.6 Å². The van der Waals surface area contributed by atoms with Gasteiger partial charge in [-0.1, -0.05) is 0 Å². The standard InChI is InChI=1S/C10H13IN4O3/c1-12-9(16)6-4-18-3-2-15(6)8-7(11)10(17)14-5-13-8/h5-6H,2-4H2,1H3,(H,12,16)(H,13,14,17). The molecule has 2 rings (SSSR count). The molecule has 0 radical (unpaired) electrons. The first-order chi connectivity index (χ1) is 8.65. The maximum atomic E-state index is 11.8. The molecule has 1 aromatic rings. The van der Waals surface area contributed by atoms with Crippen LogP contribution in [0.5, 0.6) is 0 Å². The van der Waals surface area contributed by atoms with E-state index >= 15 is 0 Å². The second-order valence-electron chi connectivity index (χ2n) is 3.77. The van der Waals surface area contributed by atoms with Crippen molar-refractivity contribution in [2.24, 2.45) is 0 Å². The molecule has 1 unspecified atom stereocenters. The average Bonchev–Trinajstić information content (AvgIpc) is 2.41. The van der Waals surface area contributed by atoms with Crippen LogP contribution in [-0.2, 0) is 9.53 Å². The first-order valence-corrected chi connectivity index (χ1v) is 6.52. The van der Waals surface area contributed by atoms with Crippen LogP contribution in [0.15, 0.2) is 11.1 Å². The van der Waals surface area contributed by atoms with E-state index in [1.54, 1.807) is 11.9 Å². The summed E-state index contributed by atoms with van der Waals surface area (Å²) in [5.74, 6) is 0.379. The van der Waals surface area contributed by atoms with Crippen molar-refractivity contribution in [2.45, 2.75) is 6.04 Å². The van der Waals surface area contributed by atoms with Crippen LogP contribution in [0, 0.1) is 3.57 Å². The highest BCUT2D eigenvalue weighted by molar-refractivity contribution is 14.1. The average molecular weight is 364 g/mol. The highest BCUT2D eigenvalue weighted by Crippen LogP contribution is 2.20. The smallest absolute Gasteiger partial charge is 0.266 e. The van der Waals surface area contributed by atoms with Crippen LogP contribution in [0.4, 0.5) is 5.82 Å². The highest BCUT2D eigenvalue weighted by atomic mass is 127. The Labute approximate surface area is 117 Å². The minimum absolute atomic E-state index is 0.146.